The lowest BCUT2D eigenvalue weighted by Gasteiger charge is -2.44. The highest BCUT2D eigenvalue weighted by molar-refractivity contribution is 5.79. The van der Waals surface area contributed by atoms with Crippen molar-refractivity contribution in [2.24, 2.45) is 0 Å². The first-order chi connectivity index (χ1) is 29.3. The number of benzene rings is 5. The Balaban J connectivity index is 1.20. The number of amides is 2. The monoisotopic (exact) mass is 818 g/mol. The molecular weight excluding hydrogens is 773 g/mol. The maximum absolute atomic E-state index is 13.3. The molecule has 0 unspecified atom stereocenters. The average Bonchev–Trinajstić information content (AvgIpc) is 3.30. The molecule has 1 fully saturated rings. The number of hydrogen-bond donors (Lipinski definition) is 3. The standard InChI is InChI=1S/C46H46N2O12/c1-54-43-42(60-39(50)28-48-45(53)56-30-33-19-9-3-10-20-33)41(59-38(49)27-47-44(52)55-29-32-17-7-2-8-18-32)40(51)37(58-43)31-57-46(34-21-11-4-12-22-34,35-23-13-5-14-24-35)36-25-15-6-16-26-36/h2-26,37,40-43,51H,27-31H2,1H3,(H,47,52)(H,48,53)/t37-,40-,41-,42-,43+/m1/s1. The van der Waals surface area contributed by atoms with E-state index in [-0.39, 0.29) is 19.8 Å². The Bertz CT molecular complexity index is 2010. The summed E-state index contributed by atoms with van der Waals surface area (Å²) in [6.07, 6.45) is -9.25. The quantitative estimate of drug-likeness (QED) is 0.0620. The molecule has 14 nitrogen and oxygen atoms in total. The van der Waals surface area contributed by atoms with Crippen LogP contribution in [0.5, 0.6) is 0 Å². The number of hydrogen-bond acceptors (Lipinski definition) is 12. The van der Waals surface area contributed by atoms with Gasteiger partial charge in [0.1, 0.15) is 44.1 Å². The van der Waals surface area contributed by atoms with Gasteiger partial charge in [0.2, 0.25) is 0 Å². The summed E-state index contributed by atoms with van der Waals surface area (Å²) in [6, 6.07) is 46.5. The van der Waals surface area contributed by atoms with E-state index < -0.39 is 73.5 Å². The van der Waals surface area contributed by atoms with E-state index in [0.29, 0.717) is 0 Å². The number of carbonyl (C=O) groups is 4. The van der Waals surface area contributed by atoms with Crippen molar-refractivity contribution >= 4 is 24.1 Å². The van der Waals surface area contributed by atoms with Gasteiger partial charge in [-0.2, -0.15) is 0 Å². The largest absolute Gasteiger partial charge is 0.454 e. The molecule has 0 bridgehead atoms. The summed E-state index contributed by atoms with van der Waals surface area (Å²) in [5, 5.41) is 16.6. The normalized spacial score (nSPS) is 18.7. The van der Waals surface area contributed by atoms with Crippen LogP contribution in [0.25, 0.3) is 0 Å². The third-order valence-electron chi connectivity index (χ3n) is 9.57. The molecule has 1 heterocycles. The third-order valence-corrected chi connectivity index (χ3v) is 9.57. The SMILES string of the molecule is CO[C@H]1O[C@H](COC(c2ccccc2)(c2ccccc2)c2ccccc2)[C@@H](O)[C@@H](OC(=O)CNC(=O)OCc2ccccc2)[C@H]1OC(=O)CNC(=O)OCc1ccccc1. The third kappa shape index (κ3) is 11.3. The summed E-state index contributed by atoms with van der Waals surface area (Å²) in [5.41, 5.74) is 2.61. The van der Waals surface area contributed by atoms with Crippen LogP contribution < -0.4 is 10.6 Å². The van der Waals surface area contributed by atoms with Crippen LogP contribution in [-0.4, -0.2) is 86.7 Å². The van der Waals surface area contributed by atoms with Crippen LogP contribution in [0.4, 0.5) is 9.59 Å². The number of alkyl carbamates (subject to hydrolysis) is 2. The molecule has 60 heavy (non-hydrogen) atoms. The molecule has 5 aromatic carbocycles. The Kier molecular flexibility index (Phi) is 15.4. The second kappa shape index (κ2) is 21.4. The molecule has 0 aromatic heterocycles. The van der Waals surface area contributed by atoms with Crippen LogP contribution in [0.15, 0.2) is 152 Å². The molecule has 1 aliphatic heterocycles. The van der Waals surface area contributed by atoms with Gasteiger partial charge in [0.05, 0.1) is 6.61 Å². The summed E-state index contributed by atoms with van der Waals surface area (Å²) in [6.45, 7) is -1.67. The van der Waals surface area contributed by atoms with Gasteiger partial charge < -0.3 is 48.9 Å². The minimum Gasteiger partial charge on any atom is -0.454 e. The van der Waals surface area contributed by atoms with Crippen molar-refractivity contribution in [2.75, 3.05) is 26.8 Å². The van der Waals surface area contributed by atoms with Crippen LogP contribution in [0.1, 0.15) is 27.8 Å². The summed E-state index contributed by atoms with van der Waals surface area (Å²) in [4.78, 5) is 51.3. The Hall–Kier alpha value is -6.58. The van der Waals surface area contributed by atoms with E-state index in [1.54, 1.807) is 48.5 Å². The first-order valence-corrected chi connectivity index (χ1v) is 19.2. The molecule has 1 saturated heterocycles. The predicted molar refractivity (Wildman–Crippen MR) is 216 cm³/mol. The van der Waals surface area contributed by atoms with Crippen LogP contribution >= 0.6 is 0 Å². The van der Waals surface area contributed by atoms with E-state index in [0.717, 1.165) is 27.8 Å². The fraction of sp³-hybridized carbons (Fsp3) is 0.261. The van der Waals surface area contributed by atoms with Gasteiger partial charge in [0, 0.05) is 7.11 Å². The summed E-state index contributed by atoms with van der Waals surface area (Å²) in [7, 11) is 1.28. The van der Waals surface area contributed by atoms with Crippen LogP contribution in [0.3, 0.4) is 0 Å². The van der Waals surface area contributed by atoms with Crippen LogP contribution in [-0.2, 0) is 61.6 Å². The van der Waals surface area contributed by atoms with Gasteiger partial charge in [-0.25, -0.2) is 9.59 Å². The maximum atomic E-state index is 13.3. The first kappa shape index (κ1) is 43.0. The first-order valence-electron chi connectivity index (χ1n) is 19.2. The van der Waals surface area contributed by atoms with Crippen molar-refractivity contribution in [1.82, 2.24) is 10.6 Å². The minimum atomic E-state index is -1.67. The molecule has 0 saturated carbocycles. The van der Waals surface area contributed by atoms with E-state index in [1.165, 1.54) is 7.11 Å². The molecule has 5 atom stereocenters. The van der Waals surface area contributed by atoms with Gasteiger partial charge in [0.15, 0.2) is 18.5 Å². The Morgan fingerprint density at radius 2 is 0.967 bits per heavy atom. The van der Waals surface area contributed by atoms with Crippen molar-refractivity contribution in [1.29, 1.82) is 0 Å². The van der Waals surface area contributed by atoms with Crippen molar-refractivity contribution < 1.29 is 57.4 Å². The maximum Gasteiger partial charge on any atom is 0.407 e. The van der Waals surface area contributed by atoms with E-state index in [1.807, 2.05) is 103 Å². The average molecular weight is 819 g/mol. The molecule has 6 rings (SSSR count). The zero-order chi connectivity index (χ0) is 42.2. The van der Waals surface area contributed by atoms with Crippen LogP contribution in [0.2, 0.25) is 0 Å². The van der Waals surface area contributed by atoms with Gasteiger partial charge >= 0.3 is 24.1 Å². The molecule has 2 amide bonds. The van der Waals surface area contributed by atoms with Crippen molar-refractivity contribution in [3.63, 3.8) is 0 Å². The zero-order valence-electron chi connectivity index (χ0n) is 32.8. The minimum absolute atomic E-state index is 0.0362. The second-order valence-electron chi connectivity index (χ2n) is 13.6. The van der Waals surface area contributed by atoms with E-state index >= 15 is 0 Å². The number of rotatable bonds is 17. The smallest absolute Gasteiger partial charge is 0.407 e. The molecular formula is C46H46N2O12. The van der Waals surface area contributed by atoms with E-state index in [4.69, 9.17) is 33.2 Å². The van der Waals surface area contributed by atoms with Gasteiger partial charge in [-0.15, -0.1) is 0 Å². The van der Waals surface area contributed by atoms with Gasteiger partial charge in [-0.3, -0.25) is 9.59 Å². The van der Waals surface area contributed by atoms with E-state index in [2.05, 4.69) is 10.6 Å². The van der Waals surface area contributed by atoms with E-state index in [9.17, 15) is 24.3 Å². The highest BCUT2D eigenvalue weighted by Gasteiger charge is 2.51. The molecule has 0 spiro atoms. The fourth-order valence-electron chi connectivity index (χ4n) is 6.68. The summed E-state index contributed by atoms with van der Waals surface area (Å²) >= 11 is 0. The number of aliphatic hydroxyl groups excluding tert-OH is 1. The number of methoxy groups -OCH3 is 1. The Morgan fingerprint density at radius 3 is 1.37 bits per heavy atom. The number of aliphatic hydroxyl groups is 1. The lowest BCUT2D eigenvalue weighted by atomic mass is 9.80. The van der Waals surface area contributed by atoms with Gasteiger partial charge in [0.25, 0.3) is 0 Å². The highest BCUT2D eigenvalue weighted by Crippen LogP contribution is 2.41. The van der Waals surface area contributed by atoms with Crippen molar-refractivity contribution in [3.05, 3.63) is 179 Å². The molecule has 312 valence electrons. The second-order valence-corrected chi connectivity index (χ2v) is 13.6. The van der Waals surface area contributed by atoms with Crippen LogP contribution in [0, 0.1) is 0 Å². The topological polar surface area (TPSA) is 177 Å². The molecule has 3 N–H and O–H groups in total. The Labute approximate surface area is 347 Å². The zero-order valence-corrected chi connectivity index (χ0v) is 32.8. The number of nitrogens with one attached hydrogen (secondary N) is 2. The number of carbonyl (C=O) groups excluding carboxylic acids is 4. The Morgan fingerprint density at radius 1 is 0.583 bits per heavy atom. The molecule has 5 aromatic rings. The highest BCUT2D eigenvalue weighted by atomic mass is 16.7. The van der Waals surface area contributed by atoms with Crippen molar-refractivity contribution in [2.45, 2.75) is 49.5 Å². The number of esters is 2. The molecule has 14 heteroatoms. The predicted octanol–water partition coefficient (Wildman–Crippen LogP) is 5.40. The number of ether oxygens (including phenoxy) is 7. The fourth-order valence-corrected chi connectivity index (χ4v) is 6.68. The van der Waals surface area contributed by atoms with Gasteiger partial charge in [-0.05, 0) is 27.8 Å². The summed E-state index contributed by atoms with van der Waals surface area (Å²) < 4.78 is 40.5. The molecule has 0 aliphatic carbocycles. The molecule has 0 radical (unpaired) electrons. The van der Waals surface area contributed by atoms with Gasteiger partial charge in [-0.1, -0.05) is 152 Å². The lowest BCUT2D eigenvalue weighted by Crippen LogP contribution is -2.62. The summed E-state index contributed by atoms with van der Waals surface area (Å²) in [5.74, 6) is -1.98. The lowest BCUT2D eigenvalue weighted by molar-refractivity contribution is -0.304. The van der Waals surface area contributed by atoms with Crippen molar-refractivity contribution in [3.8, 4) is 0 Å². The molecule has 1 aliphatic rings.